The Hall–Kier alpha value is -2.30. The summed E-state index contributed by atoms with van der Waals surface area (Å²) >= 11 is 12.3. The van der Waals surface area contributed by atoms with Crippen molar-refractivity contribution in [2.24, 2.45) is 0 Å². The molecular formula is C17H12Cl2N2O2. The average Bonchev–Trinajstić information content (AvgIpc) is 2.49. The minimum absolute atomic E-state index is 0.234. The monoisotopic (exact) mass is 346 g/mol. The lowest BCUT2D eigenvalue weighted by molar-refractivity contribution is 0.0697. The maximum atomic E-state index is 10.9. The molecule has 0 spiro atoms. The van der Waals surface area contributed by atoms with Gasteiger partial charge in [-0.05, 0) is 49.4 Å². The molecule has 0 bridgehead atoms. The van der Waals surface area contributed by atoms with Crippen LogP contribution in [0.1, 0.15) is 16.1 Å². The summed E-state index contributed by atoms with van der Waals surface area (Å²) in [6.45, 7) is 1.88. The van der Waals surface area contributed by atoms with Gasteiger partial charge in [0.05, 0.1) is 16.1 Å². The number of pyridine rings is 1. The normalized spacial score (nSPS) is 10.7. The quantitative estimate of drug-likeness (QED) is 0.676. The Balaban J connectivity index is 2.07. The zero-order valence-corrected chi connectivity index (χ0v) is 13.6. The Bertz CT molecular complexity index is 909. The Kier molecular flexibility index (Phi) is 4.11. The lowest BCUT2D eigenvalue weighted by Crippen LogP contribution is -1.98. The van der Waals surface area contributed by atoms with Crippen molar-refractivity contribution in [1.29, 1.82) is 0 Å². The number of nitrogens with zero attached hydrogens (tertiary/aromatic N) is 1. The van der Waals surface area contributed by atoms with E-state index in [9.17, 15) is 4.79 Å². The Morgan fingerprint density at radius 1 is 1.13 bits per heavy atom. The summed E-state index contributed by atoms with van der Waals surface area (Å²) in [6.07, 6.45) is 0. The van der Waals surface area contributed by atoms with Crippen LogP contribution in [0, 0.1) is 6.92 Å². The number of carboxylic acid groups (broad SMARTS) is 1. The van der Waals surface area contributed by atoms with Crippen LogP contribution in [0.5, 0.6) is 0 Å². The molecule has 0 radical (unpaired) electrons. The van der Waals surface area contributed by atoms with E-state index in [4.69, 9.17) is 28.3 Å². The predicted octanol–water partition coefficient (Wildman–Crippen LogP) is 5.29. The molecule has 2 N–H and O–H groups in total. The van der Waals surface area contributed by atoms with Crippen molar-refractivity contribution in [3.05, 3.63) is 63.8 Å². The number of nitrogens with one attached hydrogen (secondary N) is 1. The van der Waals surface area contributed by atoms with Gasteiger partial charge in [0.25, 0.3) is 0 Å². The number of hydrogen-bond donors (Lipinski definition) is 2. The number of rotatable bonds is 3. The molecule has 0 saturated carbocycles. The van der Waals surface area contributed by atoms with E-state index >= 15 is 0 Å². The number of anilines is 2. The van der Waals surface area contributed by atoms with E-state index in [1.165, 1.54) is 0 Å². The first-order valence-corrected chi connectivity index (χ1v) is 7.56. The first kappa shape index (κ1) is 15.6. The fourth-order valence-corrected chi connectivity index (χ4v) is 2.87. The van der Waals surface area contributed by atoms with Gasteiger partial charge in [0.15, 0.2) is 0 Å². The predicted molar refractivity (Wildman–Crippen MR) is 93.2 cm³/mol. The maximum absolute atomic E-state index is 10.9. The summed E-state index contributed by atoms with van der Waals surface area (Å²) in [7, 11) is 0. The minimum Gasteiger partial charge on any atom is -0.478 e. The highest BCUT2D eigenvalue weighted by atomic mass is 35.5. The number of aryl methyl sites for hydroxylation is 1. The van der Waals surface area contributed by atoms with Gasteiger partial charge in [-0.15, -0.1) is 0 Å². The maximum Gasteiger partial charge on any atom is 0.335 e. The molecule has 0 aliphatic rings. The van der Waals surface area contributed by atoms with Crippen LogP contribution in [0.15, 0.2) is 42.5 Å². The van der Waals surface area contributed by atoms with Gasteiger partial charge in [-0.2, -0.15) is 0 Å². The second-order valence-corrected chi connectivity index (χ2v) is 5.95. The summed E-state index contributed by atoms with van der Waals surface area (Å²) in [5.74, 6) is -0.958. The smallest absolute Gasteiger partial charge is 0.335 e. The van der Waals surface area contributed by atoms with Gasteiger partial charge in [0, 0.05) is 27.5 Å². The summed E-state index contributed by atoms with van der Waals surface area (Å²) in [5, 5.41) is 14.0. The third-order valence-electron chi connectivity index (χ3n) is 3.37. The van der Waals surface area contributed by atoms with Crippen LogP contribution >= 0.6 is 23.2 Å². The van der Waals surface area contributed by atoms with Crippen LogP contribution in [0.3, 0.4) is 0 Å². The topological polar surface area (TPSA) is 62.2 Å². The summed E-state index contributed by atoms with van der Waals surface area (Å²) in [4.78, 5) is 15.4. The Labute approximate surface area is 142 Å². The molecule has 0 aliphatic heterocycles. The van der Waals surface area contributed by atoms with E-state index in [-0.39, 0.29) is 5.56 Å². The second-order valence-electron chi connectivity index (χ2n) is 5.10. The average molecular weight is 347 g/mol. The molecule has 0 saturated heterocycles. The SMILES string of the molecule is Cc1cc(Nc2ccc(C(=O)O)cc2)c2cc(Cl)cc(Cl)c2n1. The third-order valence-corrected chi connectivity index (χ3v) is 3.88. The molecule has 116 valence electrons. The number of fused-ring (bicyclic) bond motifs is 1. The number of benzene rings is 2. The lowest BCUT2D eigenvalue weighted by atomic mass is 10.1. The molecule has 0 fully saturated rings. The van der Waals surface area contributed by atoms with Crippen LogP contribution < -0.4 is 5.32 Å². The van der Waals surface area contributed by atoms with E-state index in [0.717, 1.165) is 22.5 Å². The zero-order valence-electron chi connectivity index (χ0n) is 12.1. The number of halogens is 2. The van der Waals surface area contributed by atoms with Gasteiger partial charge in [0.2, 0.25) is 0 Å². The molecule has 1 aromatic heterocycles. The number of hydrogen-bond acceptors (Lipinski definition) is 3. The standard InChI is InChI=1S/C17H12Cl2N2O2/c1-9-6-15(13-7-11(18)8-14(19)16(13)20-9)21-12-4-2-10(3-5-12)17(22)23/h2-8H,1H3,(H,20,21)(H,22,23). The summed E-state index contributed by atoms with van der Waals surface area (Å²) in [6, 6.07) is 11.8. The second kappa shape index (κ2) is 6.07. The van der Waals surface area contributed by atoms with E-state index < -0.39 is 5.97 Å². The van der Waals surface area contributed by atoms with E-state index in [0.29, 0.717) is 15.6 Å². The van der Waals surface area contributed by atoms with Gasteiger partial charge < -0.3 is 10.4 Å². The summed E-state index contributed by atoms with van der Waals surface area (Å²) in [5.41, 5.74) is 3.28. The molecule has 0 atom stereocenters. The third kappa shape index (κ3) is 3.23. The molecule has 0 amide bonds. The molecule has 0 aliphatic carbocycles. The van der Waals surface area contributed by atoms with Crippen molar-refractivity contribution in [2.75, 3.05) is 5.32 Å². The van der Waals surface area contributed by atoms with Gasteiger partial charge in [-0.3, -0.25) is 4.98 Å². The van der Waals surface area contributed by atoms with Crippen molar-refractivity contribution < 1.29 is 9.90 Å². The van der Waals surface area contributed by atoms with E-state index in [2.05, 4.69) is 10.3 Å². The van der Waals surface area contributed by atoms with Crippen molar-refractivity contribution in [3.8, 4) is 0 Å². The Morgan fingerprint density at radius 2 is 1.83 bits per heavy atom. The molecule has 3 rings (SSSR count). The number of carbonyl (C=O) groups is 1. The van der Waals surface area contributed by atoms with Gasteiger partial charge in [-0.1, -0.05) is 23.2 Å². The van der Waals surface area contributed by atoms with Crippen LogP contribution in [0.4, 0.5) is 11.4 Å². The zero-order chi connectivity index (χ0) is 16.6. The molecule has 3 aromatic rings. The first-order valence-electron chi connectivity index (χ1n) is 6.81. The fourth-order valence-electron chi connectivity index (χ4n) is 2.34. The van der Waals surface area contributed by atoms with Gasteiger partial charge in [-0.25, -0.2) is 4.79 Å². The number of aromatic carboxylic acids is 1. The van der Waals surface area contributed by atoms with Gasteiger partial charge >= 0.3 is 5.97 Å². The highest BCUT2D eigenvalue weighted by Crippen LogP contribution is 2.33. The molecule has 23 heavy (non-hydrogen) atoms. The van der Waals surface area contributed by atoms with Crippen molar-refractivity contribution in [3.63, 3.8) is 0 Å². The molecule has 1 heterocycles. The van der Waals surface area contributed by atoms with Crippen molar-refractivity contribution in [1.82, 2.24) is 4.98 Å². The van der Waals surface area contributed by atoms with Crippen LogP contribution in [0.2, 0.25) is 10.0 Å². The number of carboxylic acids is 1. The molecular weight excluding hydrogens is 335 g/mol. The van der Waals surface area contributed by atoms with Crippen LogP contribution in [-0.4, -0.2) is 16.1 Å². The largest absolute Gasteiger partial charge is 0.478 e. The van der Waals surface area contributed by atoms with E-state index in [1.807, 2.05) is 13.0 Å². The highest BCUT2D eigenvalue weighted by molar-refractivity contribution is 6.38. The molecule has 4 nitrogen and oxygen atoms in total. The van der Waals surface area contributed by atoms with Crippen LogP contribution in [0.25, 0.3) is 10.9 Å². The van der Waals surface area contributed by atoms with Crippen LogP contribution in [-0.2, 0) is 0 Å². The van der Waals surface area contributed by atoms with Gasteiger partial charge in [0.1, 0.15) is 0 Å². The van der Waals surface area contributed by atoms with E-state index in [1.54, 1.807) is 36.4 Å². The van der Waals surface area contributed by atoms with Crippen molar-refractivity contribution >= 4 is 51.4 Å². The highest BCUT2D eigenvalue weighted by Gasteiger charge is 2.10. The van der Waals surface area contributed by atoms with Crippen molar-refractivity contribution in [2.45, 2.75) is 6.92 Å². The molecule has 0 unspecified atom stereocenters. The first-order chi connectivity index (χ1) is 10.9. The molecule has 6 heteroatoms. The number of aromatic nitrogens is 1. The lowest BCUT2D eigenvalue weighted by Gasteiger charge is -2.12. The summed E-state index contributed by atoms with van der Waals surface area (Å²) < 4.78 is 0. The fraction of sp³-hybridized carbons (Fsp3) is 0.0588. The Morgan fingerprint density at radius 3 is 2.48 bits per heavy atom. The minimum atomic E-state index is -0.958. The molecule has 2 aromatic carbocycles.